The van der Waals surface area contributed by atoms with Gasteiger partial charge in [-0.1, -0.05) is 56.0 Å². The third-order valence-electron chi connectivity index (χ3n) is 5.01. The van der Waals surface area contributed by atoms with Crippen LogP contribution in [0.15, 0.2) is 18.2 Å². The molecule has 1 aromatic rings. The molecule has 2 rings (SSSR count). The van der Waals surface area contributed by atoms with Crippen LogP contribution in [0.25, 0.3) is 0 Å². The molecule has 21 heavy (non-hydrogen) atoms. The molecule has 1 heteroatoms. The highest BCUT2D eigenvalue weighted by atomic mass is 15.0. The van der Waals surface area contributed by atoms with Crippen molar-refractivity contribution in [1.29, 1.82) is 0 Å². The molecule has 0 amide bonds. The van der Waals surface area contributed by atoms with Gasteiger partial charge in [0.25, 0.3) is 0 Å². The summed E-state index contributed by atoms with van der Waals surface area (Å²) in [5.41, 5.74) is 4.78. The van der Waals surface area contributed by atoms with Gasteiger partial charge in [0.15, 0.2) is 0 Å². The zero-order valence-electron chi connectivity index (χ0n) is 14.5. The van der Waals surface area contributed by atoms with Crippen molar-refractivity contribution in [3.63, 3.8) is 0 Å². The molecule has 1 atom stereocenters. The number of rotatable bonds is 9. The van der Waals surface area contributed by atoms with Crippen LogP contribution in [0.3, 0.4) is 0 Å². The van der Waals surface area contributed by atoms with Gasteiger partial charge in [-0.15, -0.1) is 0 Å². The molecule has 0 aliphatic heterocycles. The lowest BCUT2D eigenvalue weighted by Gasteiger charge is -2.34. The molecular formula is C20H33N. The summed E-state index contributed by atoms with van der Waals surface area (Å²) in [7, 11) is 0. The maximum atomic E-state index is 3.81. The standard InChI is InChI=1S/C20H33N/c1-5-7-10-20(6-2,15-21-19-8-9-19)14-18-12-16(3)11-17(4)13-18/h11-13,19,21H,5-10,14-15H2,1-4H3. The third-order valence-corrected chi connectivity index (χ3v) is 5.01. The first-order chi connectivity index (χ1) is 10.1. The van der Waals surface area contributed by atoms with Crippen LogP contribution < -0.4 is 5.32 Å². The SMILES string of the molecule is CCCCC(CC)(CNC1CC1)Cc1cc(C)cc(C)c1. The molecule has 1 N–H and O–H groups in total. The van der Waals surface area contributed by atoms with Crippen LogP contribution in [-0.4, -0.2) is 12.6 Å². The van der Waals surface area contributed by atoms with Crippen LogP contribution in [0.1, 0.15) is 69.1 Å². The lowest BCUT2D eigenvalue weighted by atomic mass is 9.75. The van der Waals surface area contributed by atoms with Crippen LogP contribution in [0, 0.1) is 19.3 Å². The van der Waals surface area contributed by atoms with Crippen molar-refractivity contribution < 1.29 is 0 Å². The second-order valence-electron chi connectivity index (χ2n) is 7.29. The van der Waals surface area contributed by atoms with Crippen molar-refractivity contribution in [2.24, 2.45) is 5.41 Å². The van der Waals surface area contributed by atoms with E-state index < -0.39 is 0 Å². The maximum absolute atomic E-state index is 3.81. The minimum absolute atomic E-state index is 0.443. The van der Waals surface area contributed by atoms with E-state index in [4.69, 9.17) is 0 Å². The molecule has 0 radical (unpaired) electrons. The Hall–Kier alpha value is -0.820. The Balaban J connectivity index is 2.11. The monoisotopic (exact) mass is 287 g/mol. The Morgan fingerprint density at radius 1 is 1.10 bits per heavy atom. The molecule has 0 bridgehead atoms. The summed E-state index contributed by atoms with van der Waals surface area (Å²) in [6.07, 6.45) is 9.29. The highest BCUT2D eigenvalue weighted by molar-refractivity contribution is 5.29. The third kappa shape index (κ3) is 5.14. The largest absolute Gasteiger partial charge is 0.313 e. The smallest absolute Gasteiger partial charge is 0.00684 e. The van der Waals surface area contributed by atoms with Gasteiger partial charge in [0.05, 0.1) is 0 Å². The summed E-state index contributed by atoms with van der Waals surface area (Å²) < 4.78 is 0. The predicted octanol–water partition coefficient (Wildman–Crippen LogP) is 5.18. The van der Waals surface area contributed by atoms with E-state index >= 15 is 0 Å². The fraction of sp³-hybridized carbons (Fsp3) is 0.700. The number of unbranched alkanes of at least 4 members (excludes halogenated alkanes) is 1. The minimum Gasteiger partial charge on any atom is -0.313 e. The normalized spacial score (nSPS) is 17.7. The first-order valence-corrected chi connectivity index (χ1v) is 8.87. The van der Waals surface area contributed by atoms with Crippen molar-refractivity contribution >= 4 is 0 Å². The molecule has 1 aliphatic carbocycles. The van der Waals surface area contributed by atoms with Gasteiger partial charge in [0.2, 0.25) is 0 Å². The molecule has 1 fully saturated rings. The molecular weight excluding hydrogens is 254 g/mol. The van der Waals surface area contributed by atoms with E-state index in [1.54, 1.807) is 0 Å². The van der Waals surface area contributed by atoms with E-state index in [9.17, 15) is 0 Å². The molecule has 0 spiro atoms. The fourth-order valence-corrected chi connectivity index (χ4v) is 3.47. The van der Waals surface area contributed by atoms with Gasteiger partial charge in [-0.05, 0) is 56.9 Å². The number of nitrogens with one attached hydrogen (secondary N) is 1. The Morgan fingerprint density at radius 2 is 1.76 bits per heavy atom. The van der Waals surface area contributed by atoms with Gasteiger partial charge in [-0.3, -0.25) is 0 Å². The van der Waals surface area contributed by atoms with Crippen molar-refractivity contribution in [2.75, 3.05) is 6.54 Å². The molecule has 1 saturated carbocycles. The molecule has 1 unspecified atom stereocenters. The van der Waals surface area contributed by atoms with Crippen LogP contribution in [0.4, 0.5) is 0 Å². The first kappa shape index (κ1) is 16.5. The number of hydrogen-bond acceptors (Lipinski definition) is 1. The summed E-state index contributed by atoms with van der Waals surface area (Å²) in [4.78, 5) is 0. The molecule has 0 heterocycles. The van der Waals surface area contributed by atoms with Crippen LogP contribution in [-0.2, 0) is 6.42 Å². The Labute approximate surface area is 131 Å². The molecule has 1 aromatic carbocycles. The number of hydrogen-bond donors (Lipinski definition) is 1. The Bertz CT molecular complexity index is 427. The number of benzene rings is 1. The average molecular weight is 287 g/mol. The molecule has 1 nitrogen and oxygen atoms in total. The van der Waals surface area contributed by atoms with Crippen LogP contribution in [0.5, 0.6) is 0 Å². The van der Waals surface area contributed by atoms with Gasteiger partial charge >= 0.3 is 0 Å². The minimum atomic E-state index is 0.443. The molecule has 0 aromatic heterocycles. The Morgan fingerprint density at radius 3 is 2.29 bits per heavy atom. The molecule has 118 valence electrons. The van der Waals surface area contributed by atoms with Gasteiger partial charge < -0.3 is 5.32 Å². The maximum Gasteiger partial charge on any atom is 0.00684 e. The highest BCUT2D eigenvalue weighted by Crippen LogP contribution is 2.34. The van der Waals surface area contributed by atoms with E-state index in [2.05, 4.69) is 51.2 Å². The van der Waals surface area contributed by atoms with Crippen molar-refractivity contribution in [2.45, 2.75) is 78.7 Å². The van der Waals surface area contributed by atoms with E-state index in [1.807, 2.05) is 0 Å². The predicted molar refractivity (Wildman–Crippen MR) is 92.9 cm³/mol. The second kappa shape index (κ2) is 7.45. The summed E-state index contributed by atoms with van der Waals surface area (Å²) >= 11 is 0. The summed E-state index contributed by atoms with van der Waals surface area (Å²) in [5, 5.41) is 3.81. The van der Waals surface area contributed by atoms with Crippen LogP contribution in [0.2, 0.25) is 0 Å². The van der Waals surface area contributed by atoms with Gasteiger partial charge in [-0.2, -0.15) is 0 Å². The summed E-state index contributed by atoms with van der Waals surface area (Å²) in [5.74, 6) is 0. The number of aryl methyl sites for hydroxylation is 2. The average Bonchev–Trinajstić information content (AvgIpc) is 3.25. The van der Waals surface area contributed by atoms with E-state index in [-0.39, 0.29) is 0 Å². The van der Waals surface area contributed by atoms with E-state index in [0.29, 0.717) is 5.41 Å². The fourth-order valence-electron chi connectivity index (χ4n) is 3.47. The van der Waals surface area contributed by atoms with Gasteiger partial charge in [0.1, 0.15) is 0 Å². The van der Waals surface area contributed by atoms with Crippen molar-refractivity contribution in [3.8, 4) is 0 Å². The van der Waals surface area contributed by atoms with Gasteiger partial charge in [0, 0.05) is 12.6 Å². The lowest BCUT2D eigenvalue weighted by Crippen LogP contribution is -2.37. The van der Waals surface area contributed by atoms with Gasteiger partial charge in [-0.25, -0.2) is 0 Å². The van der Waals surface area contributed by atoms with Crippen molar-refractivity contribution in [1.82, 2.24) is 5.32 Å². The topological polar surface area (TPSA) is 12.0 Å². The van der Waals surface area contributed by atoms with Crippen molar-refractivity contribution in [3.05, 3.63) is 34.9 Å². The zero-order chi connectivity index (χ0) is 15.3. The quantitative estimate of drug-likeness (QED) is 0.659. The van der Waals surface area contributed by atoms with E-state index in [0.717, 1.165) is 6.04 Å². The molecule has 1 aliphatic rings. The zero-order valence-corrected chi connectivity index (χ0v) is 14.5. The second-order valence-corrected chi connectivity index (χ2v) is 7.29. The first-order valence-electron chi connectivity index (χ1n) is 8.87. The Kier molecular flexibility index (Phi) is 5.87. The summed E-state index contributed by atoms with van der Waals surface area (Å²) in [6, 6.07) is 7.88. The molecule has 0 saturated heterocycles. The lowest BCUT2D eigenvalue weighted by molar-refractivity contribution is 0.228. The highest BCUT2D eigenvalue weighted by Gasteiger charge is 2.31. The van der Waals surface area contributed by atoms with E-state index in [1.165, 1.54) is 68.2 Å². The van der Waals surface area contributed by atoms with Crippen LogP contribution >= 0.6 is 0 Å². The summed E-state index contributed by atoms with van der Waals surface area (Å²) in [6.45, 7) is 10.3.